The molecule has 1 saturated heterocycles. The van der Waals surface area contributed by atoms with E-state index in [-0.39, 0.29) is 30.2 Å². The molecule has 6 nitrogen and oxygen atoms in total. The molecule has 0 N–H and O–H groups in total. The van der Waals surface area contributed by atoms with Crippen LogP contribution in [0.4, 0.5) is 0 Å². The van der Waals surface area contributed by atoms with Gasteiger partial charge in [0.15, 0.2) is 0 Å². The van der Waals surface area contributed by atoms with E-state index < -0.39 is 0 Å². The van der Waals surface area contributed by atoms with Crippen LogP contribution in [0.2, 0.25) is 0 Å². The molecule has 0 aliphatic carbocycles. The Bertz CT molecular complexity index is 880. The first-order valence-electron chi connectivity index (χ1n) is 9.60. The molecule has 28 heavy (non-hydrogen) atoms. The molecule has 3 rings (SSSR count). The van der Waals surface area contributed by atoms with Gasteiger partial charge in [-0.25, -0.2) is 0 Å². The summed E-state index contributed by atoms with van der Waals surface area (Å²) in [6.45, 7) is 1.18. The summed E-state index contributed by atoms with van der Waals surface area (Å²) in [4.78, 5) is 42.3. The van der Waals surface area contributed by atoms with Gasteiger partial charge in [-0.3, -0.25) is 14.4 Å². The monoisotopic (exact) mass is 381 g/mol. The molecule has 2 aromatic rings. The van der Waals surface area contributed by atoms with E-state index in [1.165, 1.54) is 9.80 Å². The van der Waals surface area contributed by atoms with Gasteiger partial charge in [0, 0.05) is 45.7 Å². The number of fused-ring (bicyclic) bond motifs is 1. The van der Waals surface area contributed by atoms with E-state index in [1.807, 2.05) is 47.4 Å². The van der Waals surface area contributed by atoms with Crippen molar-refractivity contribution in [3.8, 4) is 0 Å². The molecular weight excluding hydrogens is 354 g/mol. The summed E-state index contributed by atoms with van der Waals surface area (Å²) in [7, 11) is 5.02. The lowest BCUT2D eigenvalue weighted by molar-refractivity contribution is -0.141. The van der Waals surface area contributed by atoms with Crippen LogP contribution < -0.4 is 0 Å². The van der Waals surface area contributed by atoms with Gasteiger partial charge in [0.2, 0.25) is 11.8 Å². The Morgan fingerprint density at radius 3 is 2.29 bits per heavy atom. The number of benzene rings is 2. The highest BCUT2D eigenvalue weighted by Gasteiger charge is 2.30. The van der Waals surface area contributed by atoms with Crippen LogP contribution in [-0.2, 0) is 9.59 Å². The minimum atomic E-state index is -0.142. The normalized spacial score (nSPS) is 14.8. The summed E-state index contributed by atoms with van der Waals surface area (Å²) in [5.74, 6) is -0.248. The maximum atomic E-state index is 13.0. The summed E-state index contributed by atoms with van der Waals surface area (Å²) >= 11 is 0. The van der Waals surface area contributed by atoms with Crippen molar-refractivity contribution in [1.82, 2.24) is 14.7 Å². The van der Waals surface area contributed by atoms with Crippen molar-refractivity contribution in [3.63, 3.8) is 0 Å². The topological polar surface area (TPSA) is 60.9 Å². The van der Waals surface area contributed by atoms with Crippen molar-refractivity contribution >= 4 is 28.5 Å². The quantitative estimate of drug-likeness (QED) is 0.816. The van der Waals surface area contributed by atoms with Gasteiger partial charge >= 0.3 is 0 Å². The highest BCUT2D eigenvalue weighted by molar-refractivity contribution is 6.07. The number of carbonyl (C=O) groups is 3. The number of hydrogen-bond acceptors (Lipinski definition) is 3. The molecule has 0 atom stereocenters. The van der Waals surface area contributed by atoms with Crippen LogP contribution in [0.25, 0.3) is 10.8 Å². The third-order valence-electron chi connectivity index (χ3n) is 5.40. The summed E-state index contributed by atoms with van der Waals surface area (Å²) in [6.07, 6.45) is 1.24. The standard InChI is InChI=1S/C22H27N3O3/c1-23(2)20(26)15-24(3)21(27)17-11-13-25(14-12-17)22(28)19-10-6-8-16-7-4-5-9-18(16)19/h4-10,17H,11-15H2,1-3H3. The van der Waals surface area contributed by atoms with Crippen molar-refractivity contribution in [1.29, 1.82) is 0 Å². The van der Waals surface area contributed by atoms with Crippen LogP contribution in [0.5, 0.6) is 0 Å². The molecule has 0 unspecified atom stereocenters. The summed E-state index contributed by atoms with van der Waals surface area (Å²) < 4.78 is 0. The summed E-state index contributed by atoms with van der Waals surface area (Å²) in [5.41, 5.74) is 0.705. The third kappa shape index (κ3) is 4.16. The van der Waals surface area contributed by atoms with E-state index in [1.54, 1.807) is 21.1 Å². The van der Waals surface area contributed by atoms with Gasteiger partial charge in [-0.15, -0.1) is 0 Å². The maximum Gasteiger partial charge on any atom is 0.254 e. The lowest BCUT2D eigenvalue weighted by atomic mass is 9.94. The van der Waals surface area contributed by atoms with Crippen LogP contribution in [0.1, 0.15) is 23.2 Å². The number of hydrogen-bond donors (Lipinski definition) is 0. The van der Waals surface area contributed by atoms with Crippen molar-refractivity contribution in [2.75, 3.05) is 40.8 Å². The predicted molar refractivity (Wildman–Crippen MR) is 109 cm³/mol. The predicted octanol–water partition coefficient (Wildman–Crippen LogP) is 2.24. The fourth-order valence-corrected chi connectivity index (χ4v) is 3.65. The lowest BCUT2D eigenvalue weighted by Gasteiger charge is -2.33. The van der Waals surface area contributed by atoms with E-state index in [9.17, 15) is 14.4 Å². The second-order valence-corrected chi connectivity index (χ2v) is 7.58. The Balaban J connectivity index is 1.62. The molecule has 1 aliphatic heterocycles. The molecule has 6 heteroatoms. The largest absolute Gasteiger partial charge is 0.347 e. The molecule has 148 valence electrons. The van der Waals surface area contributed by atoms with Crippen LogP contribution in [-0.4, -0.2) is 73.2 Å². The fraction of sp³-hybridized carbons (Fsp3) is 0.409. The zero-order valence-corrected chi connectivity index (χ0v) is 16.7. The first-order valence-corrected chi connectivity index (χ1v) is 9.60. The Labute approximate surface area is 165 Å². The van der Waals surface area contributed by atoms with E-state index in [0.717, 1.165) is 10.8 Å². The van der Waals surface area contributed by atoms with Crippen LogP contribution in [0.15, 0.2) is 42.5 Å². The molecule has 0 radical (unpaired) electrons. The first kappa shape index (κ1) is 19.9. The fourth-order valence-electron chi connectivity index (χ4n) is 3.65. The Morgan fingerprint density at radius 1 is 0.964 bits per heavy atom. The summed E-state index contributed by atoms with van der Waals surface area (Å²) in [5, 5.41) is 2.00. The molecule has 0 saturated carbocycles. The van der Waals surface area contributed by atoms with Gasteiger partial charge < -0.3 is 14.7 Å². The van der Waals surface area contributed by atoms with Gasteiger partial charge in [0.05, 0.1) is 6.54 Å². The number of amides is 3. The van der Waals surface area contributed by atoms with Crippen molar-refractivity contribution in [2.45, 2.75) is 12.8 Å². The Kier molecular flexibility index (Phi) is 5.97. The van der Waals surface area contributed by atoms with Gasteiger partial charge in [0.25, 0.3) is 5.91 Å². The molecule has 1 aliphatic rings. The Morgan fingerprint density at radius 2 is 1.61 bits per heavy atom. The van der Waals surface area contributed by atoms with E-state index >= 15 is 0 Å². The van der Waals surface area contributed by atoms with Crippen molar-refractivity contribution in [3.05, 3.63) is 48.0 Å². The highest BCUT2D eigenvalue weighted by Crippen LogP contribution is 2.24. The minimum absolute atomic E-state index is 0.0128. The van der Waals surface area contributed by atoms with Crippen molar-refractivity contribution in [2.24, 2.45) is 5.92 Å². The number of likely N-dealkylation sites (tertiary alicyclic amines) is 1. The average Bonchev–Trinajstić information content (AvgIpc) is 2.72. The SMILES string of the molecule is CN(C)C(=O)CN(C)C(=O)C1CCN(C(=O)c2cccc3ccccc23)CC1. The number of nitrogens with zero attached hydrogens (tertiary/aromatic N) is 3. The highest BCUT2D eigenvalue weighted by atomic mass is 16.2. The van der Waals surface area contributed by atoms with Gasteiger partial charge in [-0.2, -0.15) is 0 Å². The minimum Gasteiger partial charge on any atom is -0.347 e. The number of rotatable bonds is 4. The molecule has 1 heterocycles. The third-order valence-corrected chi connectivity index (χ3v) is 5.40. The molecule has 0 aromatic heterocycles. The molecule has 0 spiro atoms. The van der Waals surface area contributed by atoms with E-state index in [4.69, 9.17) is 0 Å². The zero-order valence-electron chi connectivity index (χ0n) is 16.7. The van der Waals surface area contributed by atoms with Crippen LogP contribution in [0.3, 0.4) is 0 Å². The average molecular weight is 381 g/mol. The molecule has 1 fully saturated rings. The zero-order chi connectivity index (χ0) is 20.3. The molecule has 2 aromatic carbocycles. The number of likely N-dealkylation sites (N-methyl/N-ethyl adjacent to an activating group) is 2. The van der Waals surface area contributed by atoms with Crippen LogP contribution >= 0.6 is 0 Å². The second-order valence-electron chi connectivity index (χ2n) is 7.58. The Hall–Kier alpha value is -2.89. The van der Waals surface area contributed by atoms with Gasteiger partial charge in [-0.1, -0.05) is 36.4 Å². The molecule has 0 bridgehead atoms. The van der Waals surface area contributed by atoms with Crippen LogP contribution in [0, 0.1) is 5.92 Å². The summed E-state index contributed by atoms with van der Waals surface area (Å²) in [6, 6.07) is 13.6. The lowest BCUT2D eigenvalue weighted by Crippen LogP contribution is -2.45. The maximum absolute atomic E-state index is 13.0. The van der Waals surface area contributed by atoms with E-state index in [2.05, 4.69) is 0 Å². The molecular formula is C22H27N3O3. The van der Waals surface area contributed by atoms with Gasteiger partial charge in [-0.05, 0) is 29.7 Å². The first-order chi connectivity index (χ1) is 13.4. The number of piperidine rings is 1. The van der Waals surface area contributed by atoms with Crippen molar-refractivity contribution < 1.29 is 14.4 Å². The molecule has 3 amide bonds. The van der Waals surface area contributed by atoms with Gasteiger partial charge in [0.1, 0.15) is 0 Å². The second kappa shape index (κ2) is 8.42. The van der Waals surface area contributed by atoms with E-state index in [0.29, 0.717) is 31.5 Å². The number of carbonyl (C=O) groups excluding carboxylic acids is 3. The smallest absolute Gasteiger partial charge is 0.254 e.